The molecule has 0 N–H and O–H groups in total. The summed E-state index contributed by atoms with van der Waals surface area (Å²) in [7, 11) is 0. The first-order valence-corrected chi connectivity index (χ1v) is 11.0. The molecule has 0 unspecified atom stereocenters. The van der Waals surface area contributed by atoms with Gasteiger partial charge in [0.1, 0.15) is 6.61 Å². The Balaban J connectivity index is 1.66. The van der Waals surface area contributed by atoms with Crippen molar-refractivity contribution in [2.75, 3.05) is 0 Å². The average Bonchev–Trinajstić information content (AvgIpc) is 2.76. The molecule has 0 fully saturated rings. The molecule has 0 atom stereocenters. The predicted molar refractivity (Wildman–Crippen MR) is 123 cm³/mol. The van der Waals surface area contributed by atoms with Crippen LogP contribution in [0.25, 0.3) is 0 Å². The summed E-state index contributed by atoms with van der Waals surface area (Å²) in [6.45, 7) is 0.0829. The number of rotatable bonds is 8. The van der Waals surface area contributed by atoms with Crippen LogP contribution in [0.2, 0.25) is 10.0 Å². The molecule has 0 saturated carbocycles. The van der Waals surface area contributed by atoms with Crippen LogP contribution < -0.4 is 0 Å². The zero-order valence-electron chi connectivity index (χ0n) is 16.7. The van der Waals surface area contributed by atoms with Gasteiger partial charge < -0.3 is 4.84 Å². The number of halogens is 5. The van der Waals surface area contributed by atoms with E-state index in [1.807, 2.05) is 0 Å². The van der Waals surface area contributed by atoms with Gasteiger partial charge in [-0.05, 0) is 29.8 Å². The molecular formula is C22H15Cl2F3N2O3S. The van der Waals surface area contributed by atoms with Crippen molar-refractivity contribution in [1.29, 1.82) is 0 Å². The number of alkyl halides is 3. The summed E-state index contributed by atoms with van der Waals surface area (Å²) < 4.78 is 38.6. The first-order valence-electron chi connectivity index (χ1n) is 9.30. The molecule has 0 aromatic heterocycles. The maximum atomic E-state index is 12.9. The molecule has 0 radical (unpaired) electrons. The first kappa shape index (κ1) is 24.9. The van der Waals surface area contributed by atoms with E-state index < -0.39 is 16.7 Å². The highest BCUT2D eigenvalue weighted by atomic mass is 35.5. The zero-order chi connectivity index (χ0) is 24.0. The topological polar surface area (TPSA) is 64.7 Å². The molecule has 0 amide bonds. The number of hydrogen-bond acceptors (Lipinski definition) is 5. The largest absolute Gasteiger partial charge is 0.416 e. The van der Waals surface area contributed by atoms with Crippen molar-refractivity contribution in [2.45, 2.75) is 23.4 Å². The lowest BCUT2D eigenvalue weighted by molar-refractivity contribution is -0.387. The Morgan fingerprint density at radius 1 is 1.09 bits per heavy atom. The summed E-state index contributed by atoms with van der Waals surface area (Å²) in [4.78, 5) is 16.5. The molecule has 5 nitrogen and oxygen atoms in total. The lowest BCUT2D eigenvalue weighted by atomic mass is 10.1. The van der Waals surface area contributed by atoms with Crippen LogP contribution in [0.4, 0.5) is 18.9 Å². The van der Waals surface area contributed by atoms with E-state index >= 15 is 0 Å². The molecular weight excluding hydrogens is 500 g/mol. The molecule has 0 bridgehead atoms. The normalized spacial score (nSPS) is 11.7. The van der Waals surface area contributed by atoms with Gasteiger partial charge in [0.05, 0.1) is 21.6 Å². The number of thioether (sulfide) groups is 1. The van der Waals surface area contributed by atoms with Crippen LogP contribution in [0.3, 0.4) is 0 Å². The summed E-state index contributed by atoms with van der Waals surface area (Å²) in [5.41, 5.74) is 0.556. The summed E-state index contributed by atoms with van der Waals surface area (Å²) in [6.07, 6.45) is -3.13. The van der Waals surface area contributed by atoms with Gasteiger partial charge in [0.25, 0.3) is 5.69 Å². The van der Waals surface area contributed by atoms with Crippen molar-refractivity contribution in [1.82, 2.24) is 0 Å². The number of benzene rings is 3. The number of nitro benzene ring substituents is 1. The minimum absolute atomic E-state index is 0.0829. The highest BCUT2D eigenvalue weighted by Crippen LogP contribution is 2.34. The summed E-state index contributed by atoms with van der Waals surface area (Å²) in [6, 6.07) is 14.2. The fraction of sp³-hybridized carbons (Fsp3) is 0.136. The van der Waals surface area contributed by atoms with Crippen molar-refractivity contribution < 1.29 is 22.9 Å². The Bertz CT molecular complexity index is 1190. The maximum Gasteiger partial charge on any atom is 0.416 e. The van der Waals surface area contributed by atoms with Crippen molar-refractivity contribution in [3.63, 3.8) is 0 Å². The number of nitro groups is 1. The summed E-state index contributed by atoms with van der Waals surface area (Å²) in [5.74, 6) is 0.142. The molecule has 0 spiro atoms. The standard InChI is InChI=1S/C22H15Cl2F3N2O3S/c23-18-6-5-16(19(24)10-18)12-32-28-11-14-4-7-21(20(9-14)29(30)31)33-13-15-2-1-3-17(8-15)22(25,26)27/h1-11H,12-13H2/b28-11-. The van der Waals surface area contributed by atoms with Crippen LogP contribution in [-0.2, 0) is 23.4 Å². The van der Waals surface area contributed by atoms with Gasteiger partial charge in [-0.25, -0.2) is 0 Å². The van der Waals surface area contributed by atoms with Gasteiger partial charge >= 0.3 is 6.18 Å². The molecule has 0 aliphatic rings. The fourth-order valence-corrected chi connectivity index (χ4v) is 4.13. The van der Waals surface area contributed by atoms with Crippen molar-refractivity contribution in [3.05, 3.63) is 103 Å². The Hall–Kier alpha value is -2.75. The highest BCUT2D eigenvalue weighted by molar-refractivity contribution is 7.98. The van der Waals surface area contributed by atoms with Gasteiger partial charge in [-0.3, -0.25) is 10.1 Å². The number of oxime groups is 1. The van der Waals surface area contributed by atoms with E-state index in [1.54, 1.807) is 30.3 Å². The van der Waals surface area contributed by atoms with Crippen LogP contribution in [0.5, 0.6) is 0 Å². The minimum atomic E-state index is -4.45. The SMILES string of the molecule is O=[N+]([O-])c1cc(/C=N\OCc2ccc(Cl)cc2Cl)ccc1SCc1cccc(C(F)(F)F)c1. The maximum absolute atomic E-state index is 12.9. The van der Waals surface area contributed by atoms with Crippen LogP contribution in [-0.4, -0.2) is 11.1 Å². The molecule has 0 heterocycles. The quantitative estimate of drug-likeness (QED) is 0.133. The van der Waals surface area contributed by atoms with Crippen LogP contribution >= 0.6 is 35.0 Å². The van der Waals surface area contributed by atoms with Crippen LogP contribution in [0.1, 0.15) is 22.3 Å². The van der Waals surface area contributed by atoms with Crippen LogP contribution in [0, 0.1) is 10.1 Å². The second-order valence-corrected chi connectivity index (χ2v) is 8.58. The van der Waals surface area contributed by atoms with Gasteiger partial charge in [-0.15, -0.1) is 11.8 Å². The van der Waals surface area contributed by atoms with E-state index in [4.69, 9.17) is 28.0 Å². The third-order valence-electron chi connectivity index (χ3n) is 4.34. The molecule has 0 saturated heterocycles. The van der Waals surface area contributed by atoms with E-state index in [9.17, 15) is 23.3 Å². The Labute approximate surface area is 201 Å². The minimum Gasteiger partial charge on any atom is -0.391 e. The van der Waals surface area contributed by atoms with E-state index in [0.717, 1.165) is 23.9 Å². The second-order valence-electron chi connectivity index (χ2n) is 6.71. The van der Waals surface area contributed by atoms with Gasteiger partial charge in [-0.1, -0.05) is 58.7 Å². The lowest BCUT2D eigenvalue weighted by Crippen LogP contribution is -2.04. The van der Waals surface area contributed by atoms with Crippen molar-refractivity contribution in [2.24, 2.45) is 5.16 Å². The highest BCUT2D eigenvalue weighted by Gasteiger charge is 2.30. The van der Waals surface area contributed by atoms with Gasteiger partial charge in [-0.2, -0.15) is 13.2 Å². The van der Waals surface area contributed by atoms with Gasteiger partial charge in [0.2, 0.25) is 0 Å². The summed E-state index contributed by atoms with van der Waals surface area (Å²) in [5, 5.41) is 16.2. The Kier molecular flexibility index (Phi) is 8.23. The molecule has 172 valence electrons. The van der Waals surface area contributed by atoms with Gasteiger partial charge in [0.15, 0.2) is 0 Å². The molecule has 11 heteroatoms. The molecule has 3 rings (SSSR count). The smallest absolute Gasteiger partial charge is 0.391 e. The van der Waals surface area contributed by atoms with E-state index in [0.29, 0.717) is 31.6 Å². The molecule has 3 aromatic rings. The van der Waals surface area contributed by atoms with E-state index in [1.165, 1.54) is 24.4 Å². The van der Waals surface area contributed by atoms with E-state index in [2.05, 4.69) is 5.16 Å². The Morgan fingerprint density at radius 2 is 1.88 bits per heavy atom. The van der Waals surface area contributed by atoms with E-state index in [-0.39, 0.29) is 18.0 Å². The number of hydrogen-bond donors (Lipinski definition) is 0. The molecule has 3 aromatic carbocycles. The average molecular weight is 515 g/mol. The third kappa shape index (κ3) is 7.12. The summed E-state index contributed by atoms with van der Waals surface area (Å²) >= 11 is 13.0. The molecule has 33 heavy (non-hydrogen) atoms. The molecule has 0 aliphatic carbocycles. The second kappa shape index (κ2) is 10.9. The van der Waals surface area contributed by atoms with Crippen molar-refractivity contribution in [3.8, 4) is 0 Å². The predicted octanol–water partition coefficient (Wildman–Crippen LogP) is 7.76. The molecule has 0 aliphatic heterocycles. The fourth-order valence-electron chi connectivity index (χ4n) is 2.72. The van der Waals surface area contributed by atoms with Crippen molar-refractivity contribution >= 4 is 46.9 Å². The van der Waals surface area contributed by atoms with Gasteiger partial charge in [0, 0.05) is 33.0 Å². The number of nitrogens with zero attached hydrogens (tertiary/aromatic N) is 2. The monoisotopic (exact) mass is 514 g/mol. The Morgan fingerprint density at radius 3 is 2.58 bits per heavy atom. The van der Waals surface area contributed by atoms with Crippen LogP contribution in [0.15, 0.2) is 70.7 Å². The third-order valence-corrected chi connectivity index (χ3v) is 6.06. The lowest BCUT2D eigenvalue weighted by Gasteiger charge is -2.09. The zero-order valence-corrected chi connectivity index (χ0v) is 19.0. The first-order chi connectivity index (χ1) is 15.6.